The Morgan fingerprint density at radius 1 is 1.13 bits per heavy atom. The summed E-state index contributed by atoms with van der Waals surface area (Å²) in [5, 5.41) is 11.0. The van der Waals surface area contributed by atoms with Gasteiger partial charge in [-0.25, -0.2) is 4.79 Å². The number of fused-ring (bicyclic) bond motifs is 1. The van der Waals surface area contributed by atoms with Gasteiger partial charge in [-0.05, 0) is 24.3 Å². The Morgan fingerprint density at radius 3 is 2.80 bits per heavy atom. The SMILES string of the molecule is COCCn1cc(NC(=O)Nc2ccc3c(ccn3CCN3CCOCC3)c2)cn1. The van der Waals surface area contributed by atoms with Crippen molar-refractivity contribution in [2.45, 2.75) is 13.1 Å². The standard InChI is InChI=1S/C21H28N6O3/c1-29-11-10-27-16-19(15-22-27)24-21(28)23-18-2-3-20-17(14-18)4-5-26(20)7-6-25-8-12-30-13-9-25/h2-5,14-16H,6-13H2,1H3,(H2,23,24,28). The summed E-state index contributed by atoms with van der Waals surface area (Å²) in [7, 11) is 1.64. The molecule has 3 heterocycles. The Morgan fingerprint density at radius 2 is 1.97 bits per heavy atom. The Labute approximate surface area is 175 Å². The van der Waals surface area contributed by atoms with Crippen LogP contribution in [0.25, 0.3) is 10.9 Å². The molecule has 4 rings (SSSR count). The number of anilines is 2. The number of hydrogen-bond acceptors (Lipinski definition) is 5. The molecule has 2 amide bonds. The lowest BCUT2D eigenvalue weighted by Crippen LogP contribution is -2.38. The van der Waals surface area contributed by atoms with Crippen molar-refractivity contribution in [3.05, 3.63) is 42.9 Å². The first-order valence-corrected chi connectivity index (χ1v) is 10.2. The lowest BCUT2D eigenvalue weighted by atomic mass is 10.2. The highest BCUT2D eigenvalue weighted by Crippen LogP contribution is 2.21. The van der Waals surface area contributed by atoms with Gasteiger partial charge in [-0.15, -0.1) is 0 Å². The molecule has 0 saturated carbocycles. The molecule has 0 spiro atoms. The molecule has 1 aromatic carbocycles. The number of aromatic nitrogens is 3. The first-order valence-electron chi connectivity index (χ1n) is 10.2. The van der Waals surface area contributed by atoms with Gasteiger partial charge in [0.25, 0.3) is 0 Å². The van der Waals surface area contributed by atoms with Gasteiger partial charge in [0.1, 0.15) is 0 Å². The number of nitrogens with one attached hydrogen (secondary N) is 2. The molecular formula is C21H28N6O3. The quantitative estimate of drug-likeness (QED) is 0.594. The van der Waals surface area contributed by atoms with E-state index in [1.165, 1.54) is 0 Å². The van der Waals surface area contributed by atoms with E-state index in [1.54, 1.807) is 24.2 Å². The average Bonchev–Trinajstić information content (AvgIpc) is 3.37. The molecule has 9 heteroatoms. The van der Waals surface area contributed by atoms with E-state index in [4.69, 9.17) is 9.47 Å². The number of carbonyl (C=O) groups is 1. The topological polar surface area (TPSA) is 85.6 Å². The van der Waals surface area contributed by atoms with E-state index >= 15 is 0 Å². The van der Waals surface area contributed by atoms with Crippen LogP contribution >= 0.6 is 0 Å². The zero-order chi connectivity index (χ0) is 20.8. The van der Waals surface area contributed by atoms with Crippen molar-refractivity contribution < 1.29 is 14.3 Å². The highest BCUT2D eigenvalue weighted by Gasteiger charge is 2.11. The fourth-order valence-electron chi connectivity index (χ4n) is 3.58. The minimum Gasteiger partial charge on any atom is -0.383 e. The third-order valence-corrected chi connectivity index (χ3v) is 5.21. The van der Waals surface area contributed by atoms with Crippen molar-refractivity contribution in [3.63, 3.8) is 0 Å². The summed E-state index contributed by atoms with van der Waals surface area (Å²) >= 11 is 0. The van der Waals surface area contributed by atoms with Crippen molar-refractivity contribution in [1.82, 2.24) is 19.2 Å². The number of hydrogen-bond donors (Lipinski definition) is 2. The number of methoxy groups -OCH3 is 1. The van der Waals surface area contributed by atoms with E-state index in [0.717, 1.165) is 56.0 Å². The Hall–Kier alpha value is -2.88. The van der Waals surface area contributed by atoms with Gasteiger partial charge in [0.2, 0.25) is 0 Å². The summed E-state index contributed by atoms with van der Waals surface area (Å²) < 4.78 is 14.4. The number of benzene rings is 1. The second-order valence-electron chi connectivity index (χ2n) is 7.30. The zero-order valence-corrected chi connectivity index (χ0v) is 17.2. The summed E-state index contributed by atoms with van der Waals surface area (Å²) in [5.41, 5.74) is 2.55. The van der Waals surface area contributed by atoms with Crippen molar-refractivity contribution in [2.24, 2.45) is 0 Å². The summed E-state index contributed by atoms with van der Waals surface area (Å²) in [6.07, 6.45) is 5.49. The first kappa shape index (κ1) is 20.4. The molecule has 160 valence electrons. The van der Waals surface area contributed by atoms with Gasteiger partial charge < -0.3 is 24.7 Å². The van der Waals surface area contributed by atoms with Crippen molar-refractivity contribution in [1.29, 1.82) is 0 Å². The van der Waals surface area contributed by atoms with Gasteiger partial charge in [-0.3, -0.25) is 9.58 Å². The van der Waals surface area contributed by atoms with Crippen molar-refractivity contribution in [3.8, 4) is 0 Å². The van der Waals surface area contributed by atoms with E-state index in [-0.39, 0.29) is 6.03 Å². The molecule has 0 radical (unpaired) electrons. The van der Waals surface area contributed by atoms with Gasteiger partial charge in [0.15, 0.2) is 0 Å². The Balaban J connectivity index is 1.33. The number of ether oxygens (including phenoxy) is 2. The number of nitrogens with zero attached hydrogens (tertiary/aromatic N) is 4. The predicted octanol–water partition coefficient (Wildman–Crippen LogP) is 2.46. The Kier molecular flexibility index (Phi) is 6.63. The van der Waals surface area contributed by atoms with Gasteiger partial charge in [0.05, 0.1) is 38.2 Å². The molecule has 0 bridgehead atoms. The zero-order valence-electron chi connectivity index (χ0n) is 17.2. The third-order valence-electron chi connectivity index (χ3n) is 5.21. The molecule has 2 aromatic heterocycles. The molecule has 1 fully saturated rings. The van der Waals surface area contributed by atoms with E-state index in [2.05, 4.69) is 37.5 Å². The molecule has 1 aliphatic heterocycles. The molecular weight excluding hydrogens is 384 g/mol. The first-order chi connectivity index (χ1) is 14.7. The Bertz CT molecular complexity index is 976. The minimum absolute atomic E-state index is 0.299. The molecule has 9 nitrogen and oxygen atoms in total. The van der Waals surface area contributed by atoms with Crippen LogP contribution in [-0.4, -0.2) is 71.8 Å². The highest BCUT2D eigenvalue weighted by atomic mass is 16.5. The highest BCUT2D eigenvalue weighted by molar-refractivity contribution is 6.00. The van der Waals surface area contributed by atoms with Gasteiger partial charge in [-0.1, -0.05) is 0 Å². The predicted molar refractivity (Wildman–Crippen MR) is 116 cm³/mol. The lowest BCUT2D eigenvalue weighted by molar-refractivity contribution is 0.0365. The van der Waals surface area contributed by atoms with E-state index in [9.17, 15) is 4.79 Å². The lowest BCUT2D eigenvalue weighted by Gasteiger charge is -2.26. The number of rotatable bonds is 8. The van der Waals surface area contributed by atoms with Crippen LogP contribution < -0.4 is 10.6 Å². The fraction of sp³-hybridized carbons (Fsp3) is 0.429. The van der Waals surface area contributed by atoms with E-state index in [1.807, 2.05) is 18.2 Å². The molecule has 0 atom stereocenters. The second kappa shape index (κ2) is 9.75. The summed E-state index contributed by atoms with van der Waals surface area (Å²) in [5.74, 6) is 0. The molecule has 0 unspecified atom stereocenters. The van der Waals surface area contributed by atoms with Gasteiger partial charge in [-0.2, -0.15) is 5.10 Å². The van der Waals surface area contributed by atoms with Crippen molar-refractivity contribution in [2.75, 3.05) is 57.2 Å². The van der Waals surface area contributed by atoms with Crippen LogP contribution in [0.4, 0.5) is 16.2 Å². The number of urea groups is 1. The van der Waals surface area contributed by atoms with Crippen LogP contribution in [-0.2, 0) is 22.6 Å². The summed E-state index contributed by atoms with van der Waals surface area (Å²) in [6.45, 7) is 6.77. The average molecular weight is 412 g/mol. The van der Waals surface area contributed by atoms with E-state index < -0.39 is 0 Å². The third kappa shape index (κ3) is 5.18. The second-order valence-corrected chi connectivity index (χ2v) is 7.30. The molecule has 1 aliphatic rings. The largest absolute Gasteiger partial charge is 0.383 e. The number of carbonyl (C=O) groups excluding carboxylic acids is 1. The van der Waals surface area contributed by atoms with E-state index in [0.29, 0.717) is 18.8 Å². The molecule has 30 heavy (non-hydrogen) atoms. The van der Waals surface area contributed by atoms with Crippen LogP contribution in [0.5, 0.6) is 0 Å². The van der Waals surface area contributed by atoms with Gasteiger partial charge >= 0.3 is 6.03 Å². The number of amides is 2. The fourth-order valence-corrected chi connectivity index (χ4v) is 3.58. The monoisotopic (exact) mass is 412 g/mol. The number of morpholine rings is 1. The van der Waals surface area contributed by atoms with Crippen LogP contribution in [0.1, 0.15) is 0 Å². The molecule has 1 saturated heterocycles. The molecule has 0 aliphatic carbocycles. The van der Waals surface area contributed by atoms with Crippen LogP contribution in [0.2, 0.25) is 0 Å². The van der Waals surface area contributed by atoms with Gasteiger partial charge in [0, 0.05) is 62.3 Å². The normalized spacial score (nSPS) is 14.8. The van der Waals surface area contributed by atoms with Crippen LogP contribution in [0, 0.1) is 0 Å². The maximum Gasteiger partial charge on any atom is 0.323 e. The maximum absolute atomic E-state index is 12.3. The molecule has 3 aromatic rings. The minimum atomic E-state index is -0.299. The summed E-state index contributed by atoms with van der Waals surface area (Å²) in [4.78, 5) is 14.7. The van der Waals surface area contributed by atoms with Crippen LogP contribution in [0.3, 0.4) is 0 Å². The maximum atomic E-state index is 12.3. The summed E-state index contributed by atoms with van der Waals surface area (Å²) in [6, 6.07) is 7.74. The van der Waals surface area contributed by atoms with Crippen LogP contribution in [0.15, 0.2) is 42.9 Å². The smallest absolute Gasteiger partial charge is 0.323 e. The molecule has 2 N–H and O–H groups in total. The van der Waals surface area contributed by atoms with Crippen molar-refractivity contribution >= 4 is 28.3 Å².